The lowest BCUT2D eigenvalue weighted by Gasteiger charge is -2.19. The van der Waals surface area contributed by atoms with Gasteiger partial charge >= 0.3 is 0 Å². The standard InChI is InChI=1S/C15H15ClN2O2/c1-2-3-11-14(17-9-18-15(11)16)10-4-5-12-13(8-10)20-7-6-19-12/h4-5,8-9H,2-3,6-7H2,1H3. The van der Waals surface area contributed by atoms with Gasteiger partial charge in [0.05, 0.1) is 5.69 Å². The number of hydrogen-bond donors (Lipinski definition) is 0. The van der Waals surface area contributed by atoms with Gasteiger partial charge in [0.25, 0.3) is 0 Å². The summed E-state index contributed by atoms with van der Waals surface area (Å²) in [5.74, 6) is 1.53. The largest absolute Gasteiger partial charge is 0.486 e. The van der Waals surface area contributed by atoms with Crippen molar-refractivity contribution in [1.82, 2.24) is 9.97 Å². The second kappa shape index (κ2) is 5.67. The first-order chi connectivity index (χ1) is 9.79. The quantitative estimate of drug-likeness (QED) is 0.811. The number of benzene rings is 1. The fourth-order valence-corrected chi connectivity index (χ4v) is 2.53. The van der Waals surface area contributed by atoms with E-state index in [1.807, 2.05) is 18.2 Å². The van der Waals surface area contributed by atoms with Gasteiger partial charge in [-0.3, -0.25) is 0 Å². The van der Waals surface area contributed by atoms with Crippen LogP contribution in [0.4, 0.5) is 0 Å². The van der Waals surface area contributed by atoms with Crippen molar-refractivity contribution >= 4 is 11.6 Å². The Bertz CT molecular complexity index is 631. The molecule has 0 amide bonds. The molecule has 0 N–H and O–H groups in total. The Morgan fingerprint density at radius 2 is 1.95 bits per heavy atom. The maximum absolute atomic E-state index is 6.19. The molecule has 104 valence electrons. The average molecular weight is 291 g/mol. The zero-order chi connectivity index (χ0) is 13.9. The van der Waals surface area contributed by atoms with Crippen LogP contribution < -0.4 is 9.47 Å². The normalized spacial score (nSPS) is 13.3. The second-order valence-electron chi connectivity index (χ2n) is 4.60. The van der Waals surface area contributed by atoms with Gasteiger partial charge in [-0.05, 0) is 24.6 Å². The molecule has 0 atom stereocenters. The summed E-state index contributed by atoms with van der Waals surface area (Å²) >= 11 is 6.19. The molecule has 20 heavy (non-hydrogen) atoms. The highest BCUT2D eigenvalue weighted by Crippen LogP contribution is 2.35. The van der Waals surface area contributed by atoms with E-state index in [0.717, 1.165) is 41.2 Å². The number of fused-ring (bicyclic) bond motifs is 1. The third-order valence-corrected chi connectivity index (χ3v) is 3.53. The summed E-state index contributed by atoms with van der Waals surface area (Å²) in [7, 11) is 0. The monoisotopic (exact) mass is 290 g/mol. The third-order valence-electron chi connectivity index (χ3n) is 3.21. The van der Waals surface area contributed by atoms with Crippen LogP contribution >= 0.6 is 11.6 Å². The van der Waals surface area contributed by atoms with E-state index in [1.165, 1.54) is 6.33 Å². The molecule has 0 fully saturated rings. The molecule has 0 spiro atoms. The molecular formula is C15H15ClN2O2. The molecule has 0 saturated carbocycles. The second-order valence-corrected chi connectivity index (χ2v) is 4.96. The Balaban J connectivity index is 2.06. The number of halogens is 1. The lowest BCUT2D eigenvalue weighted by atomic mass is 10.0. The average Bonchev–Trinajstić information content (AvgIpc) is 2.49. The number of hydrogen-bond acceptors (Lipinski definition) is 4. The van der Waals surface area contributed by atoms with Crippen molar-refractivity contribution in [2.24, 2.45) is 0 Å². The molecule has 1 aliphatic heterocycles. The van der Waals surface area contributed by atoms with Gasteiger partial charge in [-0.15, -0.1) is 0 Å². The van der Waals surface area contributed by atoms with E-state index in [4.69, 9.17) is 21.1 Å². The number of aromatic nitrogens is 2. The van der Waals surface area contributed by atoms with Crippen molar-refractivity contribution in [3.8, 4) is 22.8 Å². The highest BCUT2D eigenvalue weighted by atomic mass is 35.5. The zero-order valence-corrected chi connectivity index (χ0v) is 12.0. The van der Waals surface area contributed by atoms with E-state index in [-0.39, 0.29) is 0 Å². The van der Waals surface area contributed by atoms with Crippen molar-refractivity contribution in [3.63, 3.8) is 0 Å². The van der Waals surface area contributed by atoms with E-state index in [2.05, 4.69) is 16.9 Å². The molecule has 1 aromatic heterocycles. The maximum Gasteiger partial charge on any atom is 0.162 e. The first-order valence-corrected chi connectivity index (χ1v) is 7.06. The van der Waals surface area contributed by atoms with Crippen LogP contribution in [0.3, 0.4) is 0 Å². The number of rotatable bonds is 3. The molecule has 0 aliphatic carbocycles. The van der Waals surface area contributed by atoms with Crippen LogP contribution in [-0.2, 0) is 6.42 Å². The Morgan fingerprint density at radius 1 is 1.15 bits per heavy atom. The predicted molar refractivity (Wildman–Crippen MR) is 77.5 cm³/mol. The first kappa shape index (κ1) is 13.2. The summed E-state index contributed by atoms with van der Waals surface area (Å²) < 4.78 is 11.1. The van der Waals surface area contributed by atoms with Crippen LogP contribution in [0.25, 0.3) is 11.3 Å². The first-order valence-electron chi connectivity index (χ1n) is 6.69. The summed E-state index contributed by atoms with van der Waals surface area (Å²) in [4.78, 5) is 8.46. The fraction of sp³-hybridized carbons (Fsp3) is 0.333. The smallest absolute Gasteiger partial charge is 0.162 e. The van der Waals surface area contributed by atoms with E-state index in [1.54, 1.807) is 0 Å². The minimum Gasteiger partial charge on any atom is -0.486 e. The topological polar surface area (TPSA) is 44.2 Å². The molecule has 0 radical (unpaired) electrons. The van der Waals surface area contributed by atoms with Gasteiger partial charge in [-0.1, -0.05) is 24.9 Å². The summed E-state index contributed by atoms with van der Waals surface area (Å²) in [5.41, 5.74) is 2.82. The highest BCUT2D eigenvalue weighted by Gasteiger charge is 2.16. The lowest BCUT2D eigenvalue weighted by Crippen LogP contribution is -2.15. The Kier molecular flexibility index (Phi) is 3.74. The summed E-state index contributed by atoms with van der Waals surface area (Å²) in [5, 5.41) is 0.520. The van der Waals surface area contributed by atoms with Crippen molar-refractivity contribution < 1.29 is 9.47 Å². The molecule has 2 aromatic rings. The van der Waals surface area contributed by atoms with Gasteiger partial charge in [0.1, 0.15) is 24.7 Å². The van der Waals surface area contributed by atoms with Crippen molar-refractivity contribution in [2.45, 2.75) is 19.8 Å². The molecule has 2 heterocycles. The Labute approximate surface area is 122 Å². The molecule has 0 bridgehead atoms. The zero-order valence-electron chi connectivity index (χ0n) is 11.2. The minimum atomic E-state index is 0.520. The van der Waals surface area contributed by atoms with Crippen LogP contribution in [0, 0.1) is 0 Å². The van der Waals surface area contributed by atoms with Crippen molar-refractivity contribution in [2.75, 3.05) is 13.2 Å². The van der Waals surface area contributed by atoms with Gasteiger partial charge in [0.2, 0.25) is 0 Å². The van der Waals surface area contributed by atoms with E-state index >= 15 is 0 Å². The molecule has 1 aromatic carbocycles. The molecule has 1 aliphatic rings. The molecule has 3 rings (SSSR count). The number of nitrogens with zero attached hydrogens (tertiary/aromatic N) is 2. The van der Waals surface area contributed by atoms with E-state index in [0.29, 0.717) is 18.4 Å². The van der Waals surface area contributed by atoms with E-state index < -0.39 is 0 Å². The fourth-order valence-electron chi connectivity index (χ4n) is 2.30. The van der Waals surface area contributed by atoms with Crippen LogP contribution in [0.15, 0.2) is 24.5 Å². The minimum absolute atomic E-state index is 0.520. The lowest BCUT2D eigenvalue weighted by molar-refractivity contribution is 0.171. The SMILES string of the molecule is CCCc1c(Cl)ncnc1-c1ccc2c(c1)OCCO2. The predicted octanol–water partition coefficient (Wildman–Crippen LogP) is 3.52. The van der Waals surface area contributed by atoms with Gasteiger partial charge in [0, 0.05) is 11.1 Å². The van der Waals surface area contributed by atoms with Crippen molar-refractivity contribution in [3.05, 3.63) is 35.2 Å². The van der Waals surface area contributed by atoms with Crippen LogP contribution in [0.5, 0.6) is 11.5 Å². The maximum atomic E-state index is 6.19. The van der Waals surface area contributed by atoms with Gasteiger partial charge < -0.3 is 9.47 Å². The Hall–Kier alpha value is -1.81. The van der Waals surface area contributed by atoms with Crippen molar-refractivity contribution in [1.29, 1.82) is 0 Å². The summed E-state index contributed by atoms with van der Waals surface area (Å²) in [6, 6.07) is 5.84. The third kappa shape index (κ3) is 2.43. The van der Waals surface area contributed by atoms with E-state index in [9.17, 15) is 0 Å². The van der Waals surface area contributed by atoms with Crippen LogP contribution in [0.1, 0.15) is 18.9 Å². The molecule has 4 nitrogen and oxygen atoms in total. The molecule has 0 saturated heterocycles. The van der Waals surface area contributed by atoms with Gasteiger partial charge in [0.15, 0.2) is 11.5 Å². The highest BCUT2D eigenvalue weighted by molar-refractivity contribution is 6.30. The van der Waals surface area contributed by atoms with Gasteiger partial charge in [-0.2, -0.15) is 0 Å². The molecule has 0 unspecified atom stereocenters. The number of ether oxygens (including phenoxy) is 2. The summed E-state index contributed by atoms with van der Waals surface area (Å²) in [6.45, 7) is 3.27. The van der Waals surface area contributed by atoms with Gasteiger partial charge in [-0.25, -0.2) is 9.97 Å². The Morgan fingerprint density at radius 3 is 2.75 bits per heavy atom. The summed E-state index contributed by atoms with van der Waals surface area (Å²) in [6.07, 6.45) is 3.34. The molecule has 5 heteroatoms. The molecular weight excluding hydrogens is 276 g/mol. The van der Waals surface area contributed by atoms with Crippen LogP contribution in [-0.4, -0.2) is 23.2 Å². The van der Waals surface area contributed by atoms with Crippen LogP contribution in [0.2, 0.25) is 5.15 Å².